The summed E-state index contributed by atoms with van der Waals surface area (Å²) < 4.78 is 29.7. The molecule has 1 amide bonds. The summed E-state index contributed by atoms with van der Waals surface area (Å²) in [7, 11) is -4.01. The summed E-state index contributed by atoms with van der Waals surface area (Å²) >= 11 is 0. The Morgan fingerprint density at radius 1 is 1.05 bits per heavy atom. The molecule has 1 atom stereocenters. The van der Waals surface area contributed by atoms with Gasteiger partial charge in [0.15, 0.2) is 5.96 Å². The number of aliphatic imine (C=N–C) groups is 1. The van der Waals surface area contributed by atoms with Crippen LogP contribution in [0.5, 0.6) is 0 Å². The van der Waals surface area contributed by atoms with E-state index in [9.17, 15) is 18.3 Å². The van der Waals surface area contributed by atoms with Crippen molar-refractivity contribution in [3.8, 4) is 0 Å². The van der Waals surface area contributed by atoms with Crippen molar-refractivity contribution in [3.05, 3.63) is 65.7 Å². The van der Waals surface area contributed by atoms with Crippen molar-refractivity contribution in [2.75, 3.05) is 45.9 Å². The fourth-order valence-electron chi connectivity index (χ4n) is 4.62. The number of nitrogens with one attached hydrogen (secondary N) is 1. The lowest BCUT2D eigenvalue weighted by Gasteiger charge is -2.36. The molecule has 0 aliphatic carbocycles. The van der Waals surface area contributed by atoms with Crippen LogP contribution < -0.4 is 16.2 Å². The predicted molar refractivity (Wildman–Crippen MR) is 149 cm³/mol. The van der Waals surface area contributed by atoms with Crippen LogP contribution in [0.2, 0.25) is 0 Å². The minimum Gasteiger partial charge on any atom is -0.395 e. The third kappa shape index (κ3) is 7.76. The number of piperazine rings is 1. The van der Waals surface area contributed by atoms with Crippen LogP contribution in [0.1, 0.15) is 37.8 Å². The molecule has 6 N–H and O–H groups in total. The van der Waals surface area contributed by atoms with Gasteiger partial charge >= 0.3 is 0 Å². The highest BCUT2D eigenvalue weighted by Crippen LogP contribution is 2.32. The van der Waals surface area contributed by atoms with Crippen molar-refractivity contribution in [1.82, 2.24) is 14.5 Å². The van der Waals surface area contributed by atoms with Crippen molar-refractivity contribution in [3.63, 3.8) is 0 Å². The SMILES string of the molecule is CC(C)(c1ccccc1)c1cccc(S(=O)(=O)N[C@@H](CCCN=C(N)N)C(=O)N2CCN(CCO)CC2)c1. The number of nitrogens with two attached hydrogens (primary N) is 2. The smallest absolute Gasteiger partial charge is 0.241 e. The molecular formula is C27H40N6O4S. The first-order chi connectivity index (χ1) is 18.0. The highest BCUT2D eigenvalue weighted by atomic mass is 32.2. The van der Waals surface area contributed by atoms with E-state index < -0.39 is 21.5 Å². The minimum absolute atomic E-state index is 0.0497. The molecule has 2 aromatic rings. The maximum absolute atomic E-state index is 13.5. The molecule has 0 unspecified atom stereocenters. The Hall–Kier alpha value is -2.99. The molecule has 0 spiro atoms. The van der Waals surface area contributed by atoms with Crippen LogP contribution >= 0.6 is 0 Å². The Morgan fingerprint density at radius 3 is 2.34 bits per heavy atom. The van der Waals surface area contributed by atoms with Crippen LogP contribution in [-0.4, -0.2) is 87.1 Å². The number of carbonyl (C=O) groups is 1. The van der Waals surface area contributed by atoms with Crippen molar-refractivity contribution >= 4 is 21.9 Å². The van der Waals surface area contributed by atoms with Gasteiger partial charge in [0.1, 0.15) is 6.04 Å². The fraction of sp³-hybridized carbons (Fsp3) is 0.481. The Balaban J connectivity index is 1.81. The molecular weight excluding hydrogens is 504 g/mol. The standard InChI is InChI=1S/C27H40N6O4S/c1-27(2,21-8-4-3-5-9-21)22-10-6-11-23(20-22)38(36,37)31-24(12-7-13-30-26(28)29)25(35)33-16-14-32(15-17-33)18-19-34/h3-6,8-11,20,24,31,34H,7,12-19H2,1-2H3,(H4,28,29,30)/t24-/m0/s1. The first kappa shape index (κ1) is 29.6. The molecule has 1 saturated heterocycles. The van der Waals surface area contributed by atoms with Crippen LogP contribution in [0.4, 0.5) is 0 Å². The largest absolute Gasteiger partial charge is 0.395 e. The van der Waals surface area contributed by atoms with Gasteiger partial charge in [-0.05, 0) is 36.1 Å². The van der Waals surface area contributed by atoms with Gasteiger partial charge in [-0.2, -0.15) is 4.72 Å². The number of aliphatic hydroxyl groups is 1. The first-order valence-corrected chi connectivity index (χ1v) is 14.4. The molecule has 38 heavy (non-hydrogen) atoms. The number of hydrogen-bond donors (Lipinski definition) is 4. The van der Waals surface area contributed by atoms with Crippen molar-refractivity contribution in [1.29, 1.82) is 0 Å². The number of hydrogen-bond acceptors (Lipinski definition) is 6. The van der Waals surface area contributed by atoms with Gasteiger partial charge in [-0.3, -0.25) is 14.7 Å². The Labute approximate surface area is 225 Å². The van der Waals surface area contributed by atoms with E-state index >= 15 is 0 Å². The quantitative estimate of drug-likeness (QED) is 0.175. The molecule has 0 saturated carbocycles. The van der Waals surface area contributed by atoms with Gasteiger partial charge < -0.3 is 21.5 Å². The molecule has 1 aliphatic heterocycles. The van der Waals surface area contributed by atoms with E-state index in [0.29, 0.717) is 45.7 Å². The zero-order chi connectivity index (χ0) is 27.8. The molecule has 0 bridgehead atoms. The molecule has 3 rings (SSSR count). The summed E-state index contributed by atoms with van der Waals surface area (Å²) in [5.41, 5.74) is 12.3. The van der Waals surface area contributed by atoms with Crippen molar-refractivity contribution < 1.29 is 18.3 Å². The van der Waals surface area contributed by atoms with E-state index in [4.69, 9.17) is 11.5 Å². The number of amides is 1. The van der Waals surface area contributed by atoms with Gasteiger partial charge in [0.25, 0.3) is 0 Å². The highest BCUT2D eigenvalue weighted by molar-refractivity contribution is 7.89. The maximum atomic E-state index is 13.5. The number of sulfonamides is 1. The van der Waals surface area contributed by atoms with Crippen LogP contribution in [0.3, 0.4) is 0 Å². The zero-order valence-electron chi connectivity index (χ0n) is 22.2. The second-order valence-electron chi connectivity index (χ2n) is 10.0. The Morgan fingerprint density at radius 2 is 1.71 bits per heavy atom. The van der Waals surface area contributed by atoms with Gasteiger partial charge in [0, 0.05) is 44.7 Å². The van der Waals surface area contributed by atoms with E-state index in [1.807, 2.05) is 50.2 Å². The van der Waals surface area contributed by atoms with E-state index in [1.54, 1.807) is 23.1 Å². The lowest BCUT2D eigenvalue weighted by Crippen LogP contribution is -2.55. The Bertz CT molecular complexity index is 1190. The van der Waals surface area contributed by atoms with E-state index in [2.05, 4.69) is 14.6 Å². The second-order valence-corrected chi connectivity index (χ2v) is 11.7. The van der Waals surface area contributed by atoms with Crippen molar-refractivity contribution in [2.24, 2.45) is 16.5 Å². The van der Waals surface area contributed by atoms with Gasteiger partial charge in [-0.25, -0.2) is 8.42 Å². The van der Waals surface area contributed by atoms with Crippen LogP contribution in [0, 0.1) is 0 Å². The molecule has 10 nitrogen and oxygen atoms in total. The Kier molecular flexibility index (Phi) is 10.3. The van der Waals surface area contributed by atoms with Crippen LogP contribution in [0.15, 0.2) is 64.5 Å². The van der Waals surface area contributed by atoms with Crippen LogP contribution in [-0.2, 0) is 20.2 Å². The topological polar surface area (TPSA) is 154 Å². The number of aliphatic hydroxyl groups excluding tert-OH is 1. The molecule has 0 radical (unpaired) electrons. The van der Waals surface area contributed by atoms with Gasteiger partial charge in [-0.1, -0.05) is 56.3 Å². The number of guanidine groups is 1. The summed E-state index contributed by atoms with van der Waals surface area (Å²) in [4.78, 5) is 21.3. The molecule has 0 aromatic heterocycles. The third-order valence-corrected chi connectivity index (χ3v) is 8.47. The van der Waals surface area contributed by atoms with Gasteiger partial charge in [0.05, 0.1) is 11.5 Å². The van der Waals surface area contributed by atoms with Crippen molar-refractivity contribution in [2.45, 2.75) is 43.0 Å². The van der Waals surface area contributed by atoms with Crippen LogP contribution in [0.25, 0.3) is 0 Å². The van der Waals surface area contributed by atoms with Gasteiger partial charge in [0.2, 0.25) is 15.9 Å². The third-order valence-electron chi connectivity index (χ3n) is 7.00. The molecule has 2 aromatic carbocycles. The predicted octanol–water partition coefficient (Wildman–Crippen LogP) is 0.850. The van der Waals surface area contributed by atoms with E-state index in [0.717, 1.165) is 11.1 Å². The summed E-state index contributed by atoms with van der Waals surface area (Å²) in [6.45, 7) is 7.17. The average Bonchev–Trinajstić information content (AvgIpc) is 2.91. The summed E-state index contributed by atoms with van der Waals surface area (Å²) in [5, 5.41) is 9.18. The molecule has 11 heteroatoms. The summed E-state index contributed by atoms with van der Waals surface area (Å²) in [6, 6.07) is 15.8. The fourth-order valence-corrected chi connectivity index (χ4v) is 5.89. The highest BCUT2D eigenvalue weighted by Gasteiger charge is 2.32. The molecule has 208 valence electrons. The monoisotopic (exact) mass is 544 g/mol. The molecule has 1 heterocycles. The number of benzene rings is 2. The molecule has 1 fully saturated rings. The minimum atomic E-state index is -4.01. The van der Waals surface area contributed by atoms with E-state index in [1.165, 1.54) is 0 Å². The zero-order valence-corrected chi connectivity index (χ0v) is 23.0. The number of β-amino-alcohol motifs (C(OH)–C–C–N with tert-alkyl or cyclic N) is 1. The summed E-state index contributed by atoms with van der Waals surface area (Å²) in [5.74, 6) is -0.325. The lowest BCUT2D eigenvalue weighted by atomic mass is 9.78. The normalized spacial score (nSPS) is 15.7. The molecule has 1 aliphatic rings. The first-order valence-electron chi connectivity index (χ1n) is 12.9. The number of nitrogens with zero attached hydrogens (tertiary/aromatic N) is 3. The lowest BCUT2D eigenvalue weighted by molar-refractivity contribution is -0.135. The number of rotatable bonds is 12. The second kappa shape index (κ2) is 13.2. The van der Waals surface area contributed by atoms with E-state index in [-0.39, 0.29) is 29.8 Å². The van der Waals surface area contributed by atoms with Gasteiger partial charge in [-0.15, -0.1) is 0 Å². The average molecular weight is 545 g/mol. The summed E-state index contributed by atoms with van der Waals surface area (Å²) in [6.07, 6.45) is 0.684. The number of carbonyl (C=O) groups excluding carboxylic acids is 1. The maximum Gasteiger partial charge on any atom is 0.241 e.